The molecule has 1 amide bonds. The molecule has 27 heavy (non-hydrogen) atoms. The number of rotatable bonds is 1. The summed E-state index contributed by atoms with van der Waals surface area (Å²) in [5, 5.41) is 1.34. The zero-order valence-corrected chi connectivity index (χ0v) is 18.3. The highest BCUT2D eigenvalue weighted by atomic mass is 79.9. The monoisotopic (exact) mass is 432 g/mol. The molecular formula is C22H29BrN2O2. The van der Waals surface area contributed by atoms with Crippen LogP contribution in [0.4, 0.5) is 4.79 Å². The number of carbonyl (C=O) groups is 1. The number of amides is 1. The number of hydrogen-bond acceptors (Lipinski definition) is 2. The van der Waals surface area contributed by atoms with E-state index in [-0.39, 0.29) is 6.09 Å². The summed E-state index contributed by atoms with van der Waals surface area (Å²) < 4.78 is 9.16. The van der Waals surface area contributed by atoms with Crippen molar-refractivity contribution in [1.82, 2.24) is 9.47 Å². The number of piperidine rings is 1. The predicted molar refractivity (Wildman–Crippen MR) is 112 cm³/mol. The van der Waals surface area contributed by atoms with Crippen molar-refractivity contribution < 1.29 is 9.53 Å². The van der Waals surface area contributed by atoms with Crippen LogP contribution in [0, 0.1) is 12.3 Å². The minimum absolute atomic E-state index is 0.161. The Hall–Kier alpha value is -1.49. The van der Waals surface area contributed by atoms with Gasteiger partial charge in [0.1, 0.15) is 5.60 Å². The molecule has 1 aliphatic heterocycles. The van der Waals surface area contributed by atoms with E-state index >= 15 is 0 Å². The summed E-state index contributed by atoms with van der Waals surface area (Å²) in [5.41, 5.74) is 2.63. The molecule has 146 valence electrons. The number of fused-ring (bicyclic) bond motifs is 1. The van der Waals surface area contributed by atoms with Crippen LogP contribution >= 0.6 is 15.9 Å². The lowest BCUT2D eigenvalue weighted by Gasteiger charge is -2.52. The largest absolute Gasteiger partial charge is 0.444 e. The second-order valence-electron chi connectivity index (χ2n) is 9.36. The number of likely N-dealkylation sites (tertiary alicyclic amines) is 1. The minimum Gasteiger partial charge on any atom is -0.444 e. The van der Waals surface area contributed by atoms with E-state index in [4.69, 9.17) is 4.74 Å². The Labute approximate surface area is 170 Å². The number of aryl methyl sites for hydroxylation is 1. The van der Waals surface area contributed by atoms with Gasteiger partial charge in [0.05, 0.1) is 0 Å². The van der Waals surface area contributed by atoms with Crippen molar-refractivity contribution in [3.05, 3.63) is 34.4 Å². The third-order valence-electron chi connectivity index (χ3n) is 6.31. The van der Waals surface area contributed by atoms with Crippen LogP contribution in [0.5, 0.6) is 0 Å². The molecule has 1 saturated heterocycles. The standard InChI is InChI=1S/C22H29BrN2O2/c1-15-17-7-10-25(19(17)6-5-18(15)23)16-13-22(14-16)8-11-24(12-9-22)20(26)27-21(2,3)4/h5-7,10,16H,8-9,11-14H2,1-4H3. The lowest BCUT2D eigenvalue weighted by Crippen LogP contribution is -2.50. The molecule has 4 nitrogen and oxygen atoms in total. The molecule has 1 aliphatic carbocycles. The van der Waals surface area contributed by atoms with Crippen molar-refractivity contribution in [3.63, 3.8) is 0 Å². The molecule has 2 fully saturated rings. The number of halogens is 1. The SMILES string of the molecule is Cc1c(Br)ccc2c1ccn2C1CC2(CCN(C(=O)OC(C)(C)C)CC2)C1. The summed E-state index contributed by atoms with van der Waals surface area (Å²) in [6.07, 6.45) is 6.70. The highest BCUT2D eigenvalue weighted by Crippen LogP contribution is 2.55. The van der Waals surface area contributed by atoms with Crippen LogP contribution in [0.15, 0.2) is 28.9 Å². The molecule has 0 radical (unpaired) electrons. The van der Waals surface area contributed by atoms with E-state index in [1.54, 1.807) is 0 Å². The Morgan fingerprint density at radius 3 is 2.48 bits per heavy atom. The molecule has 1 saturated carbocycles. The summed E-state index contributed by atoms with van der Waals surface area (Å²) >= 11 is 3.63. The van der Waals surface area contributed by atoms with Gasteiger partial charge in [0.2, 0.25) is 0 Å². The molecule has 0 atom stereocenters. The fraction of sp³-hybridized carbons (Fsp3) is 0.591. The maximum absolute atomic E-state index is 12.3. The Morgan fingerprint density at radius 2 is 1.85 bits per heavy atom. The smallest absolute Gasteiger partial charge is 0.410 e. The molecule has 1 spiro atoms. The second kappa shape index (κ2) is 6.54. The van der Waals surface area contributed by atoms with Gasteiger partial charge in [-0.05, 0) is 82.6 Å². The molecule has 0 bridgehead atoms. The van der Waals surface area contributed by atoms with Gasteiger partial charge in [-0.3, -0.25) is 0 Å². The van der Waals surface area contributed by atoms with E-state index in [1.165, 1.54) is 33.8 Å². The second-order valence-corrected chi connectivity index (χ2v) is 10.2. The van der Waals surface area contributed by atoms with Crippen LogP contribution in [0.3, 0.4) is 0 Å². The Kier molecular flexibility index (Phi) is 4.57. The Morgan fingerprint density at radius 1 is 1.19 bits per heavy atom. The van der Waals surface area contributed by atoms with Crippen molar-refractivity contribution in [1.29, 1.82) is 0 Å². The van der Waals surface area contributed by atoms with Crippen LogP contribution in [0.25, 0.3) is 10.9 Å². The molecule has 2 aliphatic rings. The molecule has 4 rings (SSSR count). The van der Waals surface area contributed by atoms with Gasteiger partial charge in [-0.15, -0.1) is 0 Å². The summed E-state index contributed by atoms with van der Waals surface area (Å²) in [4.78, 5) is 14.2. The molecule has 1 aromatic heterocycles. The molecule has 0 unspecified atom stereocenters. The van der Waals surface area contributed by atoms with E-state index in [9.17, 15) is 4.79 Å². The molecule has 5 heteroatoms. The third kappa shape index (κ3) is 3.51. The van der Waals surface area contributed by atoms with Gasteiger partial charge >= 0.3 is 6.09 Å². The van der Waals surface area contributed by atoms with Gasteiger partial charge in [0, 0.05) is 40.7 Å². The van der Waals surface area contributed by atoms with Crippen molar-refractivity contribution in [3.8, 4) is 0 Å². The zero-order chi connectivity index (χ0) is 19.4. The molecule has 2 heterocycles. The van der Waals surface area contributed by atoms with E-state index in [0.717, 1.165) is 25.9 Å². The fourth-order valence-corrected chi connectivity index (χ4v) is 5.06. The summed E-state index contributed by atoms with van der Waals surface area (Å²) in [6, 6.07) is 7.20. The van der Waals surface area contributed by atoms with Crippen molar-refractivity contribution in [2.75, 3.05) is 13.1 Å². The Balaban J connectivity index is 1.39. The minimum atomic E-state index is -0.420. The number of nitrogens with zero attached hydrogens (tertiary/aromatic N) is 2. The van der Waals surface area contributed by atoms with Gasteiger partial charge in [0.25, 0.3) is 0 Å². The zero-order valence-electron chi connectivity index (χ0n) is 16.7. The summed E-state index contributed by atoms with van der Waals surface area (Å²) in [7, 11) is 0. The molecule has 0 N–H and O–H groups in total. The maximum atomic E-state index is 12.3. The van der Waals surface area contributed by atoms with Crippen molar-refractivity contribution in [2.24, 2.45) is 5.41 Å². The average molecular weight is 433 g/mol. The maximum Gasteiger partial charge on any atom is 0.410 e. The summed E-state index contributed by atoms with van der Waals surface area (Å²) in [6.45, 7) is 9.59. The van der Waals surface area contributed by atoms with Crippen LogP contribution in [0.1, 0.15) is 58.1 Å². The van der Waals surface area contributed by atoms with Gasteiger partial charge < -0.3 is 14.2 Å². The van der Waals surface area contributed by atoms with Gasteiger partial charge in [-0.1, -0.05) is 15.9 Å². The van der Waals surface area contributed by atoms with E-state index in [0.29, 0.717) is 11.5 Å². The first-order valence-corrected chi connectivity index (χ1v) is 10.7. The highest BCUT2D eigenvalue weighted by Gasteiger charge is 2.47. The lowest BCUT2D eigenvalue weighted by molar-refractivity contribution is -0.0225. The fourth-order valence-electron chi connectivity index (χ4n) is 4.71. The molecule has 1 aromatic carbocycles. The number of carbonyl (C=O) groups excluding carboxylic acids is 1. The number of aromatic nitrogens is 1. The van der Waals surface area contributed by atoms with E-state index in [2.05, 4.69) is 51.8 Å². The number of benzene rings is 1. The highest BCUT2D eigenvalue weighted by molar-refractivity contribution is 9.10. The van der Waals surface area contributed by atoms with Gasteiger partial charge in [-0.25, -0.2) is 4.79 Å². The normalized spacial score (nSPS) is 20.1. The van der Waals surface area contributed by atoms with Crippen molar-refractivity contribution in [2.45, 2.75) is 65.0 Å². The lowest BCUT2D eigenvalue weighted by atomic mass is 9.60. The topological polar surface area (TPSA) is 34.5 Å². The van der Waals surface area contributed by atoms with Crippen LogP contribution in [-0.4, -0.2) is 34.3 Å². The number of hydrogen-bond donors (Lipinski definition) is 0. The predicted octanol–water partition coefficient (Wildman–Crippen LogP) is 6.06. The third-order valence-corrected chi connectivity index (χ3v) is 7.17. The quantitative estimate of drug-likeness (QED) is 0.548. The Bertz CT molecular complexity index is 864. The van der Waals surface area contributed by atoms with E-state index in [1.807, 2.05) is 25.7 Å². The first-order chi connectivity index (χ1) is 12.7. The number of ether oxygens (including phenoxy) is 1. The van der Waals surface area contributed by atoms with Crippen LogP contribution in [0.2, 0.25) is 0 Å². The summed E-state index contributed by atoms with van der Waals surface area (Å²) in [5.74, 6) is 0. The first-order valence-electron chi connectivity index (χ1n) is 9.91. The van der Waals surface area contributed by atoms with Crippen LogP contribution in [-0.2, 0) is 4.74 Å². The van der Waals surface area contributed by atoms with Gasteiger partial charge in [-0.2, -0.15) is 0 Å². The van der Waals surface area contributed by atoms with Crippen molar-refractivity contribution >= 4 is 32.9 Å². The molecular weight excluding hydrogens is 404 g/mol. The van der Waals surface area contributed by atoms with Crippen LogP contribution < -0.4 is 0 Å². The first kappa shape index (κ1) is 18.9. The van der Waals surface area contributed by atoms with Gasteiger partial charge in [0.15, 0.2) is 0 Å². The van der Waals surface area contributed by atoms with E-state index < -0.39 is 5.60 Å². The molecule has 2 aromatic rings. The average Bonchev–Trinajstić information content (AvgIpc) is 2.99.